The first-order chi connectivity index (χ1) is 16.7. The van der Waals surface area contributed by atoms with Crippen LogP contribution in [0, 0.1) is 26.7 Å². The van der Waals surface area contributed by atoms with Crippen LogP contribution < -0.4 is 10.9 Å². The SMILES string of the molecule is Cc1ccc(CSc2nc3cc(C(=O)NCC(C)C)ccc3c(=O)n2-c2cc(C)cc(C)c2)cc1. The van der Waals surface area contributed by atoms with Gasteiger partial charge in [-0.1, -0.05) is 61.5 Å². The van der Waals surface area contributed by atoms with Gasteiger partial charge in [-0.05, 0) is 73.7 Å². The summed E-state index contributed by atoms with van der Waals surface area (Å²) in [6.45, 7) is 10.8. The van der Waals surface area contributed by atoms with Crippen molar-refractivity contribution in [3.8, 4) is 5.69 Å². The molecule has 1 aromatic heterocycles. The van der Waals surface area contributed by atoms with Crippen LogP contribution in [0.2, 0.25) is 0 Å². The number of aromatic nitrogens is 2. The van der Waals surface area contributed by atoms with Gasteiger partial charge in [-0.2, -0.15) is 0 Å². The number of amides is 1. The highest BCUT2D eigenvalue weighted by atomic mass is 32.2. The van der Waals surface area contributed by atoms with Gasteiger partial charge in [0.2, 0.25) is 0 Å². The Hall–Kier alpha value is -3.38. The summed E-state index contributed by atoms with van der Waals surface area (Å²) in [5.74, 6) is 0.875. The zero-order chi connectivity index (χ0) is 25.1. The van der Waals surface area contributed by atoms with Crippen LogP contribution in [0.25, 0.3) is 16.6 Å². The summed E-state index contributed by atoms with van der Waals surface area (Å²) in [5.41, 5.74) is 6.22. The van der Waals surface area contributed by atoms with Crippen molar-refractivity contribution < 1.29 is 4.79 Å². The molecular formula is C29H31N3O2S. The summed E-state index contributed by atoms with van der Waals surface area (Å²) in [4.78, 5) is 31.3. The molecule has 0 aliphatic rings. The van der Waals surface area contributed by atoms with Crippen LogP contribution in [-0.2, 0) is 5.75 Å². The molecule has 0 spiro atoms. The minimum atomic E-state index is -0.158. The Bertz CT molecular complexity index is 1420. The maximum atomic E-state index is 13.7. The lowest BCUT2D eigenvalue weighted by Crippen LogP contribution is -2.27. The van der Waals surface area contributed by atoms with E-state index in [4.69, 9.17) is 4.98 Å². The third-order valence-electron chi connectivity index (χ3n) is 5.72. The molecule has 5 nitrogen and oxygen atoms in total. The number of rotatable bonds is 7. The first-order valence-electron chi connectivity index (χ1n) is 11.8. The van der Waals surface area contributed by atoms with Crippen molar-refractivity contribution in [3.63, 3.8) is 0 Å². The number of fused-ring (bicyclic) bond motifs is 1. The molecule has 0 unspecified atom stereocenters. The van der Waals surface area contributed by atoms with Crippen LogP contribution in [0.4, 0.5) is 0 Å². The average Bonchev–Trinajstić information content (AvgIpc) is 2.81. The van der Waals surface area contributed by atoms with E-state index in [9.17, 15) is 9.59 Å². The molecule has 4 rings (SSSR count). The van der Waals surface area contributed by atoms with Crippen molar-refractivity contribution in [2.75, 3.05) is 6.54 Å². The van der Waals surface area contributed by atoms with E-state index in [1.807, 2.05) is 26.0 Å². The van der Waals surface area contributed by atoms with Crippen molar-refractivity contribution in [1.29, 1.82) is 0 Å². The fraction of sp³-hybridized carbons (Fsp3) is 0.276. The zero-order valence-electron chi connectivity index (χ0n) is 20.9. The largest absolute Gasteiger partial charge is 0.352 e. The van der Waals surface area contributed by atoms with E-state index in [1.165, 1.54) is 17.3 Å². The van der Waals surface area contributed by atoms with Crippen LogP contribution in [0.15, 0.2) is 70.6 Å². The third kappa shape index (κ3) is 5.82. The number of nitrogens with zero attached hydrogens (tertiary/aromatic N) is 2. The maximum absolute atomic E-state index is 13.7. The summed E-state index contributed by atoms with van der Waals surface area (Å²) in [7, 11) is 0. The molecule has 3 aromatic carbocycles. The standard InChI is InChI=1S/C29H31N3O2S/c1-18(2)16-30-27(33)23-10-11-25-26(15-23)31-29(35-17-22-8-6-19(3)7-9-22)32(28(25)34)24-13-20(4)12-21(5)14-24/h6-15,18H,16-17H2,1-5H3,(H,30,33). The number of hydrogen-bond acceptors (Lipinski definition) is 4. The van der Waals surface area contributed by atoms with E-state index >= 15 is 0 Å². The van der Waals surface area contributed by atoms with Crippen molar-refractivity contribution in [3.05, 3.63) is 98.8 Å². The molecule has 0 aliphatic carbocycles. The fourth-order valence-corrected chi connectivity index (χ4v) is 4.91. The van der Waals surface area contributed by atoms with Crippen molar-refractivity contribution in [2.24, 2.45) is 5.92 Å². The third-order valence-corrected chi connectivity index (χ3v) is 6.73. The highest BCUT2D eigenvalue weighted by molar-refractivity contribution is 7.98. The lowest BCUT2D eigenvalue weighted by molar-refractivity contribution is 0.0949. The maximum Gasteiger partial charge on any atom is 0.266 e. The highest BCUT2D eigenvalue weighted by Crippen LogP contribution is 2.26. The van der Waals surface area contributed by atoms with Gasteiger partial charge in [-0.15, -0.1) is 0 Å². The smallest absolute Gasteiger partial charge is 0.266 e. The Kier molecular flexibility index (Phi) is 7.41. The van der Waals surface area contributed by atoms with Gasteiger partial charge in [0, 0.05) is 17.9 Å². The monoisotopic (exact) mass is 485 g/mol. The second kappa shape index (κ2) is 10.5. The minimum absolute atomic E-state index is 0.138. The minimum Gasteiger partial charge on any atom is -0.352 e. The number of hydrogen-bond donors (Lipinski definition) is 1. The predicted octanol–water partition coefficient (Wildman–Crippen LogP) is 5.99. The molecule has 0 saturated carbocycles. The predicted molar refractivity (Wildman–Crippen MR) is 145 cm³/mol. The van der Waals surface area contributed by atoms with Crippen LogP contribution in [0.3, 0.4) is 0 Å². The topological polar surface area (TPSA) is 64.0 Å². The van der Waals surface area contributed by atoms with Gasteiger partial charge in [0.05, 0.1) is 16.6 Å². The van der Waals surface area contributed by atoms with Crippen LogP contribution in [-0.4, -0.2) is 22.0 Å². The molecule has 1 amide bonds. The molecule has 0 fully saturated rings. The van der Waals surface area contributed by atoms with Gasteiger partial charge < -0.3 is 5.32 Å². The van der Waals surface area contributed by atoms with E-state index in [1.54, 1.807) is 22.8 Å². The summed E-state index contributed by atoms with van der Waals surface area (Å²) in [6, 6.07) is 19.6. The molecular weight excluding hydrogens is 454 g/mol. The van der Waals surface area contributed by atoms with Crippen molar-refractivity contribution >= 4 is 28.6 Å². The fourth-order valence-electron chi connectivity index (χ4n) is 3.94. The molecule has 180 valence electrons. The van der Waals surface area contributed by atoms with E-state index in [-0.39, 0.29) is 11.5 Å². The lowest BCUT2D eigenvalue weighted by Gasteiger charge is -2.15. The van der Waals surface area contributed by atoms with Gasteiger partial charge in [0.1, 0.15) is 0 Å². The molecule has 0 aliphatic heterocycles. The van der Waals surface area contributed by atoms with Gasteiger partial charge in [0.15, 0.2) is 5.16 Å². The van der Waals surface area contributed by atoms with E-state index in [2.05, 4.69) is 56.4 Å². The van der Waals surface area contributed by atoms with Crippen molar-refractivity contribution in [1.82, 2.24) is 14.9 Å². The molecule has 1 heterocycles. The molecule has 0 bridgehead atoms. The molecule has 4 aromatic rings. The number of carbonyl (C=O) groups excluding carboxylic acids is 1. The number of aryl methyl sites for hydroxylation is 3. The van der Waals surface area contributed by atoms with Gasteiger partial charge in [-0.25, -0.2) is 4.98 Å². The van der Waals surface area contributed by atoms with Gasteiger partial charge in [-0.3, -0.25) is 14.2 Å². The molecule has 0 atom stereocenters. The lowest BCUT2D eigenvalue weighted by atomic mass is 10.1. The van der Waals surface area contributed by atoms with E-state index < -0.39 is 0 Å². The molecule has 1 N–H and O–H groups in total. The number of carbonyl (C=O) groups is 1. The summed E-state index contributed by atoms with van der Waals surface area (Å²) in [5, 5.41) is 4.03. The van der Waals surface area contributed by atoms with Crippen LogP contribution in [0.5, 0.6) is 0 Å². The second-order valence-electron chi connectivity index (χ2n) is 9.49. The Balaban J connectivity index is 1.81. The number of benzene rings is 3. The second-order valence-corrected chi connectivity index (χ2v) is 10.4. The Morgan fingerprint density at radius 1 is 0.943 bits per heavy atom. The summed E-state index contributed by atoms with van der Waals surface area (Å²) in [6.07, 6.45) is 0. The van der Waals surface area contributed by atoms with Crippen LogP contribution in [0.1, 0.15) is 46.5 Å². The number of thioether (sulfide) groups is 1. The van der Waals surface area contributed by atoms with E-state index in [0.717, 1.165) is 22.4 Å². The summed E-state index contributed by atoms with van der Waals surface area (Å²) >= 11 is 1.52. The van der Waals surface area contributed by atoms with Gasteiger partial charge in [0.25, 0.3) is 11.5 Å². The Morgan fingerprint density at radius 2 is 1.63 bits per heavy atom. The zero-order valence-corrected chi connectivity index (χ0v) is 21.7. The van der Waals surface area contributed by atoms with E-state index in [0.29, 0.717) is 39.8 Å². The highest BCUT2D eigenvalue weighted by Gasteiger charge is 2.16. The van der Waals surface area contributed by atoms with Gasteiger partial charge >= 0.3 is 0 Å². The summed E-state index contributed by atoms with van der Waals surface area (Å²) < 4.78 is 1.69. The van der Waals surface area contributed by atoms with Crippen molar-refractivity contribution in [2.45, 2.75) is 45.5 Å². The number of nitrogens with one attached hydrogen (secondary N) is 1. The molecule has 0 radical (unpaired) electrons. The first kappa shape index (κ1) is 24.7. The molecule has 35 heavy (non-hydrogen) atoms. The molecule has 0 saturated heterocycles. The normalized spacial score (nSPS) is 11.3. The Labute approximate surface area is 210 Å². The first-order valence-corrected chi connectivity index (χ1v) is 12.8. The molecule has 6 heteroatoms. The quantitative estimate of drug-likeness (QED) is 0.258. The average molecular weight is 486 g/mol. The van der Waals surface area contributed by atoms with Crippen LogP contribution >= 0.6 is 11.8 Å². The Morgan fingerprint density at radius 3 is 2.29 bits per heavy atom.